The molecule has 1 atom stereocenters. The van der Waals surface area contributed by atoms with Crippen molar-refractivity contribution in [3.05, 3.63) is 59.7 Å². The molecule has 1 unspecified atom stereocenters. The predicted octanol–water partition coefficient (Wildman–Crippen LogP) is 4.16. The van der Waals surface area contributed by atoms with E-state index in [2.05, 4.69) is 5.32 Å². The quantitative estimate of drug-likeness (QED) is 0.819. The highest BCUT2D eigenvalue weighted by Crippen LogP contribution is 2.25. The van der Waals surface area contributed by atoms with Crippen molar-refractivity contribution in [1.82, 2.24) is 4.90 Å². The van der Waals surface area contributed by atoms with Gasteiger partial charge in [-0.05, 0) is 49.1 Å². The molecule has 3 rings (SSSR count). The summed E-state index contributed by atoms with van der Waals surface area (Å²) in [6.07, 6.45) is 2.93. The summed E-state index contributed by atoms with van der Waals surface area (Å²) in [5.41, 5.74) is 2.81. The van der Waals surface area contributed by atoms with E-state index in [-0.39, 0.29) is 24.2 Å². The molecule has 1 aliphatic rings. The number of carbonyl (C=O) groups is 2. The minimum Gasteiger partial charge on any atom is -0.497 e. The van der Waals surface area contributed by atoms with Gasteiger partial charge in [0.05, 0.1) is 7.11 Å². The number of rotatable bonds is 6. The van der Waals surface area contributed by atoms with Gasteiger partial charge in [0, 0.05) is 31.1 Å². The maximum absolute atomic E-state index is 13.0. The van der Waals surface area contributed by atoms with Crippen LogP contribution in [0.25, 0.3) is 0 Å². The number of hydrogen-bond donors (Lipinski definition) is 1. The van der Waals surface area contributed by atoms with Crippen LogP contribution in [0.15, 0.2) is 48.5 Å². The van der Waals surface area contributed by atoms with E-state index in [0.29, 0.717) is 6.54 Å². The summed E-state index contributed by atoms with van der Waals surface area (Å²) in [6, 6.07) is 15.6. The molecule has 1 saturated heterocycles. The van der Waals surface area contributed by atoms with Crippen molar-refractivity contribution < 1.29 is 14.3 Å². The second-order valence-corrected chi connectivity index (χ2v) is 7.37. The Morgan fingerprint density at radius 3 is 2.68 bits per heavy atom. The fourth-order valence-corrected chi connectivity index (χ4v) is 3.66. The first-order chi connectivity index (χ1) is 13.6. The number of nitrogens with one attached hydrogen (secondary N) is 1. The lowest BCUT2D eigenvalue weighted by molar-refractivity contribution is -0.137. The number of anilines is 1. The van der Waals surface area contributed by atoms with Gasteiger partial charge in [0.15, 0.2) is 0 Å². The van der Waals surface area contributed by atoms with Crippen molar-refractivity contribution in [3.8, 4) is 5.75 Å². The van der Waals surface area contributed by atoms with Crippen molar-refractivity contribution in [3.63, 3.8) is 0 Å². The van der Waals surface area contributed by atoms with E-state index < -0.39 is 0 Å². The van der Waals surface area contributed by atoms with Crippen LogP contribution in [0, 0.1) is 12.8 Å². The standard InChI is InChI=1S/C23H28N2O3/c1-17-14-20(28-2)11-12-21(17)24-22(26)15-19-10-6-7-13-25(23(19)27)16-18-8-4-3-5-9-18/h3-5,8-9,11-12,14,19H,6-7,10,13,15-16H2,1-2H3,(H,24,26). The summed E-state index contributed by atoms with van der Waals surface area (Å²) in [4.78, 5) is 27.5. The molecule has 1 aliphatic heterocycles. The third kappa shape index (κ3) is 5.12. The molecular formula is C23H28N2O3. The Balaban J connectivity index is 1.63. The summed E-state index contributed by atoms with van der Waals surface area (Å²) in [5.74, 6) is 0.465. The van der Waals surface area contributed by atoms with Crippen molar-refractivity contribution in [2.24, 2.45) is 5.92 Å². The molecule has 0 aromatic heterocycles. The van der Waals surface area contributed by atoms with Crippen molar-refractivity contribution in [1.29, 1.82) is 0 Å². The maximum atomic E-state index is 13.0. The van der Waals surface area contributed by atoms with E-state index in [1.54, 1.807) is 7.11 Å². The molecule has 28 heavy (non-hydrogen) atoms. The maximum Gasteiger partial charge on any atom is 0.226 e. The van der Waals surface area contributed by atoms with Gasteiger partial charge < -0.3 is 15.0 Å². The SMILES string of the molecule is COc1ccc(NC(=O)CC2CCCCN(Cc3ccccc3)C2=O)c(C)c1. The van der Waals surface area contributed by atoms with Gasteiger partial charge >= 0.3 is 0 Å². The zero-order chi connectivity index (χ0) is 19.9. The Labute approximate surface area is 166 Å². The summed E-state index contributed by atoms with van der Waals surface area (Å²) in [7, 11) is 1.62. The number of ether oxygens (including phenoxy) is 1. The van der Waals surface area contributed by atoms with Gasteiger partial charge in [-0.2, -0.15) is 0 Å². The fraction of sp³-hybridized carbons (Fsp3) is 0.391. The summed E-state index contributed by atoms with van der Waals surface area (Å²) in [5, 5.41) is 2.95. The minimum absolute atomic E-state index is 0.0861. The van der Waals surface area contributed by atoms with Crippen molar-refractivity contribution in [2.75, 3.05) is 19.0 Å². The Bertz CT molecular complexity index is 820. The summed E-state index contributed by atoms with van der Waals surface area (Å²) >= 11 is 0. The van der Waals surface area contributed by atoms with Crippen LogP contribution in [-0.2, 0) is 16.1 Å². The zero-order valence-electron chi connectivity index (χ0n) is 16.6. The number of carbonyl (C=O) groups excluding carboxylic acids is 2. The van der Waals surface area contributed by atoms with E-state index in [1.165, 1.54) is 0 Å². The fourth-order valence-electron chi connectivity index (χ4n) is 3.66. The average molecular weight is 380 g/mol. The second kappa shape index (κ2) is 9.40. The van der Waals surface area contributed by atoms with Crippen molar-refractivity contribution in [2.45, 2.75) is 39.2 Å². The van der Waals surface area contributed by atoms with E-state index in [4.69, 9.17) is 4.74 Å². The molecule has 0 spiro atoms. The molecule has 5 heteroatoms. The predicted molar refractivity (Wildman–Crippen MR) is 110 cm³/mol. The number of benzene rings is 2. The minimum atomic E-state index is -0.259. The molecule has 2 amide bonds. The lowest BCUT2D eigenvalue weighted by atomic mass is 9.98. The number of methoxy groups -OCH3 is 1. The van der Waals surface area contributed by atoms with Gasteiger partial charge in [-0.25, -0.2) is 0 Å². The van der Waals surface area contributed by atoms with Gasteiger partial charge in [-0.1, -0.05) is 36.8 Å². The molecular weight excluding hydrogens is 352 g/mol. The van der Waals surface area contributed by atoms with Gasteiger partial charge in [0.1, 0.15) is 5.75 Å². The molecule has 0 aliphatic carbocycles. The van der Waals surface area contributed by atoms with Crippen LogP contribution in [0.2, 0.25) is 0 Å². The third-order valence-electron chi connectivity index (χ3n) is 5.25. The Morgan fingerprint density at radius 2 is 1.96 bits per heavy atom. The lowest BCUT2D eigenvalue weighted by Crippen LogP contribution is -2.36. The summed E-state index contributed by atoms with van der Waals surface area (Å²) in [6.45, 7) is 3.29. The highest BCUT2D eigenvalue weighted by atomic mass is 16.5. The Morgan fingerprint density at radius 1 is 1.18 bits per heavy atom. The lowest BCUT2D eigenvalue weighted by Gasteiger charge is -2.24. The van der Waals surface area contributed by atoms with Crippen LogP contribution in [0.1, 0.15) is 36.8 Å². The number of aryl methyl sites for hydroxylation is 1. The first-order valence-electron chi connectivity index (χ1n) is 9.84. The molecule has 0 radical (unpaired) electrons. The molecule has 0 saturated carbocycles. The zero-order valence-corrected chi connectivity index (χ0v) is 16.6. The van der Waals surface area contributed by atoms with Crippen LogP contribution in [0.5, 0.6) is 5.75 Å². The van der Waals surface area contributed by atoms with Crippen LogP contribution < -0.4 is 10.1 Å². The molecule has 2 aromatic carbocycles. The van der Waals surface area contributed by atoms with Crippen LogP contribution >= 0.6 is 0 Å². The largest absolute Gasteiger partial charge is 0.497 e. The first kappa shape index (κ1) is 19.9. The molecule has 1 N–H and O–H groups in total. The summed E-state index contributed by atoms with van der Waals surface area (Å²) < 4.78 is 5.20. The molecule has 1 fully saturated rings. The second-order valence-electron chi connectivity index (χ2n) is 7.37. The van der Waals surface area contributed by atoms with E-state index in [9.17, 15) is 9.59 Å². The third-order valence-corrected chi connectivity index (χ3v) is 5.25. The Hall–Kier alpha value is -2.82. The van der Waals surface area contributed by atoms with E-state index >= 15 is 0 Å². The highest BCUT2D eigenvalue weighted by molar-refractivity contribution is 5.94. The van der Waals surface area contributed by atoms with E-state index in [0.717, 1.165) is 48.4 Å². The molecule has 5 nitrogen and oxygen atoms in total. The van der Waals surface area contributed by atoms with Gasteiger partial charge in [-0.15, -0.1) is 0 Å². The van der Waals surface area contributed by atoms with Crippen LogP contribution in [0.4, 0.5) is 5.69 Å². The normalized spacial score (nSPS) is 17.1. The molecule has 1 heterocycles. The van der Waals surface area contributed by atoms with Crippen molar-refractivity contribution >= 4 is 17.5 Å². The van der Waals surface area contributed by atoms with Gasteiger partial charge in [-0.3, -0.25) is 9.59 Å². The van der Waals surface area contributed by atoms with Gasteiger partial charge in [0.2, 0.25) is 11.8 Å². The molecule has 0 bridgehead atoms. The number of likely N-dealkylation sites (tertiary alicyclic amines) is 1. The monoisotopic (exact) mass is 380 g/mol. The van der Waals surface area contributed by atoms with Crippen LogP contribution in [-0.4, -0.2) is 30.4 Å². The Kier molecular flexibility index (Phi) is 6.69. The van der Waals surface area contributed by atoms with Gasteiger partial charge in [0.25, 0.3) is 0 Å². The average Bonchev–Trinajstić information content (AvgIpc) is 2.86. The first-order valence-corrected chi connectivity index (χ1v) is 9.84. The number of hydrogen-bond acceptors (Lipinski definition) is 3. The molecule has 2 aromatic rings. The molecule has 148 valence electrons. The van der Waals surface area contributed by atoms with E-state index in [1.807, 2.05) is 60.4 Å². The topological polar surface area (TPSA) is 58.6 Å². The smallest absolute Gasteiger partial charge is 0.226 e. The number of nitrogens with zero attached hydrogens (tertiary/aromatic N) is 1. The van der Waals surface area contributed by atoms with Crippen LogP contribution in [0.3, 0.4) is 0 Å². The highest BCUT2D eigenvalue weighted by Gasteiger charge is 2.29. The number of amides is 2.